The van der Waals surface area contributed by atoms with Crippen LogP contribution in [-0.4, -0.2) is 19.3 Å². The Morgan fingerprint density at radius 3 is 2.58 bits per heavy atom. The normalized spacial score (nSPS) is 10.7. The molecule has 19 heavy (non-hydrogen) atoms. The van der Waals surface area contributed by atoms with Crippen LogP contribution in [-0.2, 0) is 0 Å². The van der Waals surface area contributed by atoms with Crippen LogP contribution >= 0.6 is 0 Å². The summed E-state index contributed by atoms with van der Waals surface area (Å²) < 4.78 is 1.39. The number of nitrogens with zero attached hydrogens (tertiary/aromatic N) is 3. The van der Waals surface area contributed by atoms with E-state index in [4.69, 9.17) is 0 Å². The number of hydrogen-bond acceptors (Lipinski definition) is 4. The van der Waals surface area contributed by atoms with Crippen LogP contribution in [0.4, 0.5) is 5.69 Å². The molecule has 7 heteroatoms. The lowest BCUT2D eigenvalue weighted by molar-refractivity contribution is -0.384. The Balaban J connectivity index is 2.11. The maximum absolute atomic E-state index is 11.5. The van der Waals surface area contributed by atoms with Gasteiger partial charge in [-0.05, 0) is 18.2 Å². The highest BCUT2D eigenvalue weighted by Crippen LogP contribution is 2.21. The first kappa shape index (κ1) is 11.1. The predicted octanol–water partition coefficient (Wildman–Crippen LogP) is 1.60. The third kappa shape index (κ3) is 1.86. The van der Waals surface area contributed by atoms with Gasteiger partial charge in [0.25, 0.3) is 5.69 Å². The van der Waals surface area contributed by atoms with E-state index in [1.165, 1.54) is 22.7 Å². The third-order valence-electron chi connectivity index (χ3n) is 2.77. The summed E-state index contributed by atoms with van der Waals surface area (Å²) >= 11 is 0. The molecule has 1 aromatic carbocycles. The Labute approximate surface area is 106 Å². The fraction of sp³-hybridized carbons (Fsp3) is 0. The van der Waals surface area contributed by atoms with Gasteiger partial charge in [0.1, 0.15) is 5.65 Å². The molecule has 0 atom stereocenters. The van der Waals surface area contributed by atoms with Gasteiger partial charge >= 0.3 is 5.69 Å². The van der Waals surface area contributed by atoms with Crippen LogP contribution in [0.3, 0.4) is 0 Å². The minimum absolute atomic E-state index is 0.0189. The van der Waals surface area contributed by atoms with Crippen molar-refractivity contribution in [3.05, 3.63) is 63.3 Å². The van der Waals surface area contributed by atoms with Gasteiger partial charge in [0.15, 0.2) is 0 Å². The summed E-state index contributed by atoms with van der Waals surface area (Å²) in [6.45, 7) is 0. The van der Waals surface area contributed by atoms with Gasteiger partial charge in [-0.2, -0.15) is 0 Å². The number of nitrogens with one attached hydrogen (secondary N) is 1. The lowest BCUT2D eigenvalue weighted by Gasteiger charge is -1.95. The highest BCUT2D eigenvalue weighted by molar-refractivity contribution is 5.63. The molecular weight excluding hydrogens is 248 g/mol. The number of fused-ring (bicyclic) bond motifs is 1. The monoisotopic (exact) mass is 256 g/mol. The molecule has 3 aromatic rings. The maximum Gasteiger partial charge on any atom is 0.331 e. The van der Waals surface area contributed by atoms with Crippen molar-refractivity contribution in [2.75, 3.05) is 0 Å². The van der Waals surface area contributed by atoms with Crippen molar-refractivity contribution in [3.8, 4) is 11.3 Å². The first-order valence-electron chi connectivity index (χ1n) is 5.47. The van der Waals surface area contributed by atoms with E-state index >= 15 is 0 Å². The lowest BCUT2D eigenvalue weighted by Crippen LogP contribution is -2.13. The molecule has 7 nitrogen and oxygen atoms in total. The molecule has 0 fully saturated rings. The number of H-pyrrole nitrogens is 1. The molecular formula is C12H8N4O3. The van der Waals surface area contributed by atoms with Crippen molar-refractivity contribution < 1.29 is 4.92 Å². The highest BCUT2D eigenvalue weighted by atomic mass is 16.6. The number of benzene rings is 1. The van der Waals surface area contributed by atoms with Crippen LogP contribution in [0.1, 0.15) is 0 Å². The molecule has 0 amide bonds. The zero-order chi connectivity index (χ0) is 13.4. The quantitative estimate of drug-likeness (QED) is 0.556. The van der Waals surface area contributed by atoms with Crippen molar-refractivity contribution in [1.82, 2.24) is 14.4 Å². The van der Waals surface area contributed by atoms with Gasteiger partial charge in [0.2, 0.25) is 0 Å². The third-order valence-corrected chi connectivity index (χ3v) is 2.77. The molecule has 94 valence electrons. The van der Waals surface area contributed by atoms with E-state index in [1.807, 2.05) is 0 Å². The Hall–Kier alpha value is -2.96. The molecule has 3 rings (SSSR count). The minimum atomic E-state index is -0.460. The maximum atomic E-state index is 11.5. The van der Waals surface area contributed by atoms with Crippen molar-refractivity contribution in [2.24, 2.45) is 0 Å². The molecule has 1 N–H and O–H groups in total. The van der Waals surface area contributed by atoms with Crippen LogP contribution in [0.25, 0.3) is 16.9 Å². The van der Waals surface area contributed by atoms with Crippen LogP contribution in [0, 0.1) is 10.1 Å². The second-order valence-electron chi connectivity index (χ2n) is 3.94. The van der Waals surface area contributed by atoms with Crippen LogP contribution < -0.4 is 5.69 Å². The van der Waals surface area contributed by atoms with Crippen molar-refractivity contribution in [2.45, 2.75) is 0 Å². The first-order chi connectivity index (χ1) is 9.15. The number of nitro groups is 1. The van der Waals surface area contributed by atoms with Crippen LogP contribution in [0.2, 0.25) is 0 Å². The zero-order valence-electron chi connectivity index (χ0n) is 9.61. The molecule has 2 aromatic heterocycles. The average Bonchev–Trinajstić information content (AvgIpc) is 2.84. The summed E-state index contributed by atoms with van der Waals surface area (Å²) in [5.41, 5.74) is 1.57. The molecule has 0 aliphatic heterocycles. The molecule has 0 saturated heterocycles. The number of rotatable bonds is 2. The Bertz CT molecular complexity index is 817. The summed E-state index contributed by atoms with van der Waals surface area (Å²) in [5.74, 6) is 0. The van der Waals surface area contributed by atoms with Gasteiger partial charge in [0, 0.05) is 30.1 Å². The number of aromatic nitrogens is 3. The summed E-state index contributed by atoms with van der Waals surface area (Å²) in [6.07, 6.45) is 3.11. The minimum Gasteiger partial charge on any atom is -0.314 e. The van der Waals surface area contributed by atoms with E-state index in [0.29, 0.717) is 16.9 Å². The number of aromatic amines is 1. The van der Waals surface area contributed by atoms with Gasteiger partial charge in [-0.1, -0.05) is 0 Å². The molecule has 0 aliphatic rings. The van der Waals surface area contributed by atoms with E-state index in [0.717, 1.165) is 0 Å². The first-order valence-corrected chi connectivity index (χ1v) is 5.47. The molecule has 2 heterocycles. The topological polar surface area (TPSA) is 93.3 Å². The van der Waals surface area contributed by atoms with Crippen LogP contribution in [0.5, 0.6) is 0 Å². The average molecular weight is 256 g/mol. The second kappa shape index (κ2) is 4.05. The van der Waals surface area contributed by atoms with Gasteiger partial charge in [-0.3, -0.25) is 14.5 Å². The number of non-ortho nitro benzene ring substituents is 1. The predicted molar refractivity (Wildman–Crippen MR) is 67.9 cm³/mol. The van der Waals surface area contributed by atoms with E-state index in [-0.39, 0.29) is 11.4 Å². The standard InChI is InChI=1S/C12H8N4O3/c17-12-13-6-5-11-14-10(7-15(11)12)8-1-3-9(4-2-8)16(18)19/h1-7H,(H,13,17). The summed E-state index contributed by atoms with van der Waals surface area (Å²) in [6, 6.07) is 7.70. The fourth-order valence-corrected chi connectivity index (χ4v) is 1.82. The summed E-state index contributed by atoms with van der Waals surface area (Å²) in [4.78, 5) is 28.5. The van der Waals surface area contributed by atoms with Crippen molar-refractivity contribution in [1.29, 1.82) is 0 Å². The molecule has 0 aliphatic carbocycles. The van der Waals surface area contributed by atoms with Gasteiger partial charge < -0.3 is 4.98 Å². The second-order valence-corrected chi connectivity index (χ2v) is 3.94. The van der Waals surface area contributed by atoms with E-state index in [2.05, 4.69) is 9.97 Å². The SMILES string of the molecule is O=c1[nH]ccc2nc(-c3ccc([N+](=O)[O-])cc3)cn12. The Morgan fingerprint density at radius 2 is 1.95 bits per heavy atom. The smallest absolute Gasteiger partial charge is 0.314 e. The highest BCUT2D eigenvalue weighted by Gasteiger charge is 2.08. The largest absolute Gasteiger partial charge is 0.331 e. The van der Waals surface area contributed by atoms with Crippen molar-refractivity contribution >= 4 is 11.3 Å². The van der Waals surface area contributed by atoms with Gasteiger partial charge in [-0.15, -0.1) is 0 Å². The van der Waals surface area contributed by atoms with Gasteiger partial charge in [0.05, 0.1) is 10.6 Å². The van der Waals surface area contributed by atoms with E-state index in [1.54, 1.807) is 24.4 Å². The molecule has 0 unspecified atom stereocenters. The summed E-state index contributed by atoms with van der Waals surface area (Å²) in [5, 5.41) is 10.6. The van der Waals surface area contributed by atoms with Gasteiger partial charge in [-0.25, -0.2) is 9.78 Å². The number of imidazole rings is 1. The zero-order valence-corrected chi connectivity index (χ0v) is 9.61. The number of hydrogen-bond donors (Lipinski definition) is 1. The molecule has 0 saturated carbocycles. The molecule has 0 radical (unpaired) electrons. The Morgan fingerprint density at radius 1 is 1.21 bits per heavy atom. The summed E-state index contributed by atoms with van der Waals surface area (Å²) in [7, 11) is 0. The van der Waals surface area contributed by atoms with E-state index in [9.17, 15) is 14.9 Å². The molecule has 0 bridgehead atoms. The van der Waals surface area contributed by atoms with Crippen LogP contribution in [0.15, 0.2) is 47.5 Å². The molecule has 0 spiro atoms. The Kier molecular flexibility index (Phi) is 2.38. The fourth-order valence-electron chi connectivity index (χ4n) is 1.82. The number of nitro benzene ring substituents is 1. The lowest BCUT2D eigenvalue weighted by atomic mass is 10.1. The van der Waals surface area contributed by atoms with Crippen molar-refractivity contribution in [3.63, 3.8) is 0 Å². The van der Waals surface area contributed by atoms with E-state index < -0.39 is 4.92 Å².